The van der Waals surface area contributed by atoms with Crippen molar-refractivity contribution in [2.24, 2.45) is 10.2 Å². The molecule has 0 spiro atoms. The number of aromatic nitrogens is 2. The first-order valence-corrected chi connectivity index (χ1v) is 7.28. The van der Waals surface area contributed by atoms with Crippen molar-refractivity contribution < 1.29 is 4.74 Å². The van der Waals surface area contributed by atoms with E-state index in [1.54, 1.807) is 0 Å². The molecule has 2 heterocycles. The largest absolute Gasteiger partial charge is 0.492 e. The van der Waals surface area contributed by atoms with Crippen LogP contribution in [-0.2, 0) is 0 Å². The summed E-state index contributed by atoms with van der Waals surface area (Å²) in [4.78, 5) is 4.50. The third kappa shape index (κ3) is 2.70. The number of fused-ring (bicyclic) bond motifs is 1. The molecule has 0 aliphatic carbocycles. The number of hydrogen-bond donors (Lipinski definition) is 0. The molecule has 0 aliphatic rings. The number of rotatable bonds is 4. The fourth-order valence-electron chi connectivity index (χ4n) is 2.30. The number of azo groups is 1. The van der Waals surface area contributed by atoms with Crippen molar-refractivity contribution in [3.63, 3.8) is 0 Å². The molecule has 0 bridgehead atoms. The maximum Gasteiger partial charge on any atom is 0.182 e. The minimum atomic E-state index is 0.598. The number of hydrogen-bond acceptors (Lipinski definition) is 4. The molecular formula is C17H18N4O. The summed E-state index contributed by atoms with van der Waals surface area (Å²) in [6.07, 6.45) is 2.01. The van der Waals surface area contributed by atoms with E-state index in [-0.39, 0.29) is 0 Å². The Labute approximate surface area is 129 Å². The summed E-state index contributed by atoms with van der Waals surface area (Å²) in [6, 6.07) is 11.6. The molecule has 5 heteroatoms. The topological polar surface area (TPSA) is 51.2 Å². The molecule has 0 fully saturated rings. The monoisotopic (exact) mass is 294 g/mol. The molecule has 0 radical (unpaired) electrons. The van der Waals surface area contributed by atoms with Gasteiger partial charge in [-0.25, -0.2) is 4.98 Å². The molecule has 5 nitrogen and oxygen atoms in total. The normalized spacial score (nSPS) is 11.4. The van der Waals surface area contributed by atoms with Gasteiger partial charge in [-0.05, 0) is 44.5 Å². The van der Waals surface area contributed by atoms with Crippen LogP contribution in [0.15, 0.2) is 52.8 Å². The van der Waals surface area contributed by atoms with Crippen LogP contribution in [0.3, 0.4) is 0 Å². The number of ether oxygens (including phenoxy) is 1. The summed E-state index contributed by atoms with van der Waals surface area (Å²) in [5, 5.41) is 8.74. The van der Waals surface area contributed by atoms with Gasteiger partial charge < -0.3 is 4.74 Å². The van der Waals surface area contributed by atoms with Crippen molar-refractivity contribution in [1.29, 1.82) is 0 Å². The lowest BCUT2D eigenvalue weighted by atomic mass is 10.3. The van der Waals surface area contributed by atoms with Crippen molar-refractivity contribution in [3.05, 3.63) is 53.9 Å². The van der Waals surface area contributed by atoms with Crippen LogP contribution in [0.5, 0.6) is 5.75 Å². The fraction of sp³-hybridized carbons (Fsp3) is 0.235. The Morgan fingerprint density at radius 3 is 2.73 bits per heavy atom. The summed E-state index contributed by atoms with van der Waals surface area (Å²) in [5.41, 5.74) is 3.58. The SMILES string of the molecule is CCOc1ccccc1N=Nc1c(C)nc2ccc(C)cn12. The summed E-state index contributed by atoms with van der Waals surface area (Å²) < 4.78 is 7.52. The van der Waals surface area contributed by atoms with Gasteiger partial charge in [-0.2, -0.15) is 0 Å². The zero-order valence-electron chi connectivity index (χ0n) is 12.9. The maximum atomic E-state index is 5.57. The standard InChI is InChI=1S/C17H18N4O/c1-4-22-15-8-6-5-7-14(15)19-20-17-13(3)18-16-10-9-12(2)11-21(16)17/h5-11H,4H2,1-3H3. The number of nitrogens with zero attached hydrogens (tertiary/aromatic N) is 4. The number of aryl methyl sites for hydroxylation is 2. The van der Waals surface area contributed by atoms with Crippen molar-refractivity contribution >= 4 is 17.2 Å². The quantitative estimate of drug-likeness (QED) is 0.651. The van der Waals surface area contributed by atoms with Gasteiger partial charge in [0.05, 0.1) is 12.3 Å². The smallest absolute Gasteiger partial charge is 0.182 e. The highest BCUT2D eigenvalue weighted by Gasteiger charge is 2.08. The molecule has 3 rings (SSSR count). The maximum absolute atomic E-state index is 5.57. The van der Waals surface area contributed by atoms with E-state index < -0.39 is 0 Å². The molecule has 0 atom stereocenters. The van der Waals surface area contributed by atoms with E-state index in [1.807, 2.05) is 67.8 Å². The molecule has 3 aromatic rings. The van der Waals surface area contributed by atoms with Gasteiger partial charge in [0, 0.05) is 6.20 Å². The van der Waals surface area contributed by atoms with Gasteiger partial charge in [0.1, 0.15) is 17.1 Å². The molecule has 0 saturated heterocycles. The van der Waals surface area contributed by atoms with Crippen molar-refractivity contribution in [2.75, 3.05) is 6.61 Å². The Bertz CT molecular complexity index is 836. The minimum absolute atomic E-state index is 0.598. The van der Waals surface area contributed by atoms with E-state index in [9.17, 15) is 0 Å². The third-order valence-electron chi connectivity index (χ3n) is 3.33. The minimum Gasteiger partial charge on any atom is -0.492 e. The van der Waals surface area contributed by atoms with Crippen molar-refractivity contribution in [1.82, 2.24) is 9.38 Å². The van der Waals surface area contributed by atoms with E-state index in [0.717, 1.165) is 28.5 Å². The first kappa shape index (κ1) is 14.3. The number of benzene rings is 1. The van der Waals surface area contributed by atoms with Crippen LogP contribution in [0.1, 0.15) is 18.2 Å². The summed E-state index contributed by atoms with van der Waals surface area (Å²) in [7, 11) is 0. The Morgan fingerprint density at radius 1 is 1.09 bits per heavy atom. The molecule has 22 heavy (non-hydrogen) atoms. The highest BCUT2D eigenvalue weighted by Crippen LogP contribution is 2.30. The highest BCUT2D eigenvalue weighted by molar-refractivity contribution is 5.54. The molecule has 2 aromatic heterocycles. The van der Waals surface area contributed by atoms with Gasteiger partial charge in [-0.1, -0.05) is 18.2 Å². The number of pyridine rings is 1. The highest BCUT2D eigenvalue weighted by atomic mass is 16.5. The lowest BCUT2D eigenvalue weighted by Crippen LogP contribution is -1.90. The first-order chi connectivity index (χ1) is 10.7. The summed E-state index contributed by atoms with van der Waals surface area (Å²) in [6.45, 7) is 6.52. The van der Waals surface area contributed by atoms with Crippen LogP contribution in [0.4, 0.5) is 11.5 Å². The third-order valence-corrected chi connectivity index (χ3v) is 3.33. The van der Waals surface area contributed by atoms with E-state index >= 15 is 0 Å². The Kier molecular flexibility index (Phi) is 3.87. The molecule has 0 amide bonds. The van der Waals surface area contributed by atoms with Crippen LogP contribution in [-0.4, -0.2) is 16.0 Å². The fourth-order valence-corrected chi connectivity index (χ4v) is 2.30. The second-order valence-electron chi connectivity index (χ2n) is 5.06. The number of para-hydroxylation sites is 1. The van der Waals surface area contributed by atoms with Crippen LogP contribution < -0.4 is 4.74 Å². The second-order valence-corrected chi connectivity index (χ2v) is 5.06. The predicted octanol–water partition coefficient (Wildman–Crippen LogP) is 4.77. The lowest BCUT2D eigenvalue weighted by molar-refractivity contribution is 0.341. The van der Waals surface area contributed by atoms with Gasteiger partial charge >= 0.3 is 0 Å². The zero-order valence-corrected chi connectivity index (χ0v) is 12.9. The average molecular weight is 294 g/mol. The molecular weight excluding hydrogens is 276 g/mol. The van der Waals surface area contributed by atoms with Crippen LogP contribution in [0, 0.1) is 13.8 Å². The number of imidazole rings is 1. The molecule has 0 N–H and O–H groups in total. The Hall–Kier alpha value is -2.69. The van der Waals surface area contributed by atoms with Crippen LogP contribution >= 0.6 is 0 Å². The van der Waals surface area contributed by atoms with Crippen LogP contribution in [0.25, 0.3) is 5.65 Å². The first-order valence-electron chi connectivity index (χ1n) is 7.28. The second kappa shape index (κ2) is 5.97. The molecule has 0 aliphatic heterocycles. The molecule has 0 saturated carbocycles. The molecule has 112 valence electrons. The van der Waals surface area contributed by atoms with Crippen LogP contribution in [0.2, 0.25) is 0 Å². The average Bonchev–Trinajstić information content (AvgIpc) is 2.82. The van der Waals surface area contributed by atoms with E-state index in [2.05, 4.69) is 15.2 Å². The van der Waals surface area contributed by atoms with Gasteiger partial charge in [-0.3, -0.25) is 4.40 Å². The summed E-state index contributed by atoms with van der Waals surface area (Å²) in [5.74, 6) is 1.47. The Balaban J connectivity index is 2.03. The lowest BCUT2D eigenvalue weighted by Gasteiger charge is -2.04. The molecule has 0 unspecified atom stereocenters. The van der Waals surface area contributed by atoms with E-state index in [0.29, 0.717) is 12.3 Å². The Morgan fingerprint density at radius 2 is 1.91 bits per heavy atom. The van der Waals surface area contributed by atoms with Gasteiger partial charge in [0.15, 0.2) is 5.82 Å². The van der Waals surface area contributed by atoms with E-state index in [4.69, 9.17) is 4.74 Å². The van der Waals surface area contributed by atoms with E-state index in [1.165, 1.54) is 0 Å². The van der Waals surface area contributed by atoms with Gasteiger partial charge in [-0.15, -0.1) is 10.2 Å². The predicted molar refractivity (Wildman–Crippen MR) is 86.5 cm³/mol. The zero-order chi connectivity index (χ0) is 15.5. The van der Waals surface area contributed by atoms with Crippen molar-refractivity contribution in [3.8, 4) is 5.75 Å². The van der Waals surface area contributed by atoms with Gasteiger partial charge in [0.2, 0.25) is 0 Å². The molecule has 1 aromatic carbocycles. The summed E-state index contributed by atoms with van der Waals surface area (Å²) >= 11 is 0. The van der Waals surface area contributed by atoms with Gasteiger partial charge in [0.25, 0.3) is 0 Å². The van der Waals surface area contributed by atoms with Crippen molar-refractivity contribution in [2.45, 2.75) is 20.8 Å².